The number of hydrogen-bond donors (Lipinski definition) is 2. The zero-order valence-electron chi connectivity index (χ0n) is 12.7. The number of alkyl halides is 6. The zero-order chi connectivity index (χ0) is 20.7. The number of aromatic nitrogens is 1. The number of nitrogens with zero attached hydrogens (tertiary/aromatic N) is 2. The van der Waals surface area contributed by atoms with Crippen molar-refractivity contribution in [2.45, 2.75) is 12.4 Å². The lowest BCUT2D eigenvalue weighted by atomic mass is 9.90. The van der Waals surface area contributed by atoms with Crippen molar-refractivity contribution in [2.24, 2.45) is 0 Å². The van der Waals surface area contributed by atoms with Crippen LogP contribution in [-0.2, 0) is 12.4 Å². The third kappa shape index (κ3) is 3.42. The molecule has 5 nitrogen and oxygen atoms in total. The molecule has 0 atom stereocenters. The summed E-state index contributed by atoms with van der Waals surface area (Å²) in [7, 11) is 0. The van der Waals surface area contributed by atoms with E-state index in [4.69, 9.17) is 16.3 Å². The lowest BCUT2D eigenvalue weighted by molar-refractivity contribution is -0.143. The minimum Gasteiger partial charge on any atom is -0.384 e. The highest BCUT2D eigenvalue weighted by Gasteiger charge is 2.41. The van der Waals surface area contributed by atoms with E-state index in [-0.39, 0.29) is 12.1 Å². The number of nitrogen functional groups attached to an aromatic ring is 1. The van der Waals surface area contributed by atoms with Gasteiger partial charge in [-0.05, 0) is 12.1 Å². The molecule has 0 spiro atoms. The molecule has 140 valence electrons. The monoisotopic (exact) mass is 390 g/mol. The summed E-state index contributed by atoms with van der Waals surface area (Å²) >= 11 is 0. The Morgan fingerprint density at radius 1 is 0.926 bits per heavy atom. The van der Waals surface area contributed by atoms with Crippen LogP contribution < -0.4 is 11.3 Å². The van der Waals surface area contributed by atoms with Gasteiger partial charge in [-0.3, -0.25) is 4.79 Å². The molecule has 27 heavy (non-hydrogen) atoms. The van der Waals surface area contributed by atoms with E-state index in [1.54, 1.807) is 0 Å². The quantitative estimate of drug-likeness (QED) is 0.727. The molecule has 0 radical (unpaired) electrons. The van der Waals surface area contributed by atoms with Crippen molar-refractivity contribution in [3.63, 3.8) is 0 Å². The number of nitrogens with two attached hydrogens (primary N) is 1. The maximum atomic E-state index is 14.4. The number of aromatic amines is 1. The predicted octanol–water partition coefficient (Wildman–Crippen LogP) is 3.54. The van der Waals surface area contributed by atoms with Crippen LogP contribution in [0.1, 0.15) is 22.3 Å². The molecule has 1 aromatic carbocycles. The number of anilines is 1. The van der Waals surface area contributed by atoms with Crippen molar-refractivity contribution < 1.29 is 30.7 Å². The van der Waals surface area contributed by atoms with Gasteiger partial charge >= 0.3 is 12.4 Å². The van der Waals surface area contributed by atoms with Gasteiger partial charge < -0.3 is 10.7 Å². The molecule has 1 heterocycles. The van der Waals surface area contributed by atoms with Gasteiger partial charge in [0.05, 0.1) is 11.1 Å². The summed E-state index contributed by atoms with van der Waals surface area (Å²) in [4.78, 5) is 13.6. The van der Waals surface area contributed by atoms with Crippen LogP contribution >= 0.6 is 0 Å². The van der Waals surface area contributed by atoms with Gasteiger partial charge in [0.2, 0.25) is 0 Å². The van der Waals surface area contributed by atoms with Gasteiger partial charge in [0.25, 0.3) is 5.56 Å². The molecule has 0 amide bonds. The standard InChI is InChI=1S/C15H5F7N4O/c16-9-2-5(14(17,18)19)1-8(15(20,21)22)11(9)10-6(3-23)12(25)26-13(27)7(10)4-24/h1-2H,(H3,25,26,27). The average molecular weight is 390 g/mol. The van der Waals surface area contributed by atoms with Crippen LogP contribution in [0.15, 0.2) is 16.9 Å². The average Bonchev–Trinajstić information content (AvgIpc) is 2.52. The number of nitrogens with one attached hydrogen (secondary N) is 1. The number of nitriles is 2. The predicted molar refractivity (Wildman–Crippen MR) is 76.3 cm³/mol. The fraction of sp³-hybridized carbons (Fsp3) is 0.133. The van der Waals surface area contributed by atoms with E-state index in [1.807, 2.05) is 4.98 Å². The van der Waals surface area contributed by atoms with Crippen LogP contribution in [0.2, 0.25) is 0 Å². The van der Waals surface area contributed by atoms with Crippen LogP contribution in [0, 0.1) is 28.5 Å². The number of pyridine rings is 1. The van der Waals surface area contributed by atoms with Crippen molar-refractivity contribution in [3.8, 4) is 23.3 Å². The molecule has 0 saturated carbocycles. The maximum Gasteiger partial charge on any atom is 0.417 e. The molecule has 0 fully saturated rings. The zero-order valence-corrected chi connectivity index (χ0v) is 12.7. The molecule has 12 heteroatoms. The second-order valence-electron chi connectivity index (χ2n) is 5.09. The van der Waals surface area contributed by atoms with E-state index in [1.165, 1.54) is 12.1 Å². The van der Waals surface area contributed by atoms with Gasteiger partial charge in [0.15, 0.2) is 0 Å². The largest absolute Gasteiger partial charge is 0.417 e. The third-order valence-electron chi connectivity index (χ3n) is 3.44. The Labute approximate surface area is 145 Å². The highest BCUT2D eigenvalue weighted by atomic mass is 19.4. The molecule has 0 unspecified atom stereocenters. The van der Waals surface area contributed by atoms with E-state index in [2.05, 4.69) is 0 Å². The van der Waals surface area contributed by atoms with Crippen molar-refractivity contribution in [1.29, 1.82) is 10.5 Å². The SMILES string of the molecule is N#Cc1c(N)[nH]c(=O)c(C#N)c1-c1c(F)cc(C(F)(F)F)cc1C(F)(F)F. The van der Waals surface area contributed by atoms with Gasteiger partial charge in [0, 0.05) is 11.1 Å². The van der Waals surface area contributed by atoms with E-state index in [9.17, 15) is 35.5 Å². The van der Waals surface area contributed by atoms with E-state index in [0.717, 1.165) is 0 Å². The summed E-state index contributed by atoms with van der Waals surface area (Å²) < 4.78 is 92.7. The second-order valence-corrected chi connectivity index (χ2v) is 5.09. The van der Waals surface area contributed by atoms with Gasteiger partial charge in [-0.2, -0.15) is 36.9 Å². The molecule has 0 saturated heterocycles. The normalized spacial score (nSPS) is 11.7. The van der Waals surface area contributed by atoms with Crippen molar-refractivity contribution in [3.05, 3.63) is 50.6 Å². The van der Waals surface area contributed by atoms with Gasteiger partial charge in [-0.15, -0.1) is 0 Å². The van der Waals surface area contributed by atoms with E-state index < -0.39 is 62.9 Å². The second kappa shape index (κ2) is 6.32. The number of rotatable bonds is 1. The number of hydrogen-bond acceptors (Lipinski definition) is 4. The van der Waals surface area contributed by atoms with Crippen LogP contribution in [0.3, 0.4) is 0 Å². The molecule has 0 aliphatic heterocycles. The summed E-state index contributed by atoms with van der Waals surface area (Å²) in [5.74, 6) is -2.81. The highest BCUT2D eigenvalue weighted by molar-refractivity contribution is 5.82. The fourth-order valence-electron chi connectivity index (χ4n) is 2.34. The Hall–Kier alpha value is -3.54. The third-order valence-corrected chi connectivity index (χ3v) is 3.44. The Kier molecular flexibility index (Phi) is 4.63. The first-order valence-electron chi connectivity index (χ1n) is 6.67. The molecule has 2 aromatic rings. The first-order chi connectivity index (χ1) is 12.3. The molecule has 0 aliphatic rings. The van der Waals surface area contributed by atoms with E-state index >= 15 is 0 Å². The molecule has 0 aliphatic carbocycles. The van der Waals surface area contributed by atoms with Gasteiger partial charge in [-0.1, -0.05) is 0 Å². The summed E-state index contributed by atoms with van der Waals surface area (Å²) in [6, 6.07) is 1.91. The smallest absolute Gasteiger partial charge is 0.384 e. The fourth-order valence-corrected chi connectivity index (χ4v) is 2.34. The Bertz CT molecular complexity index is 1070. The summed E-state index contributed by atoms with van der Waals surface area (Å²) in [6.07, 6.45) is -10.8. The van der Waals surface area contributed by atoms with E-state index in [0.29, 0.717) is 0 Å². The van der Waals surface area contributed by atoms with Crippen LogP contribution in [0.5, 0.6) is 0 Å². The number of halogens is 7. The topological polar surface area (TPSA) is 106 Å². The van der Waals surface area contributed by atoms with Crippen molar-refractivity contribution >= 4 is 5.82 Å². The Morgan fingerprint density at radius 2 is 1.48 bits per heavy atom. The molecule has 2 rings (SSSR count). The summed E-state index contributed by atoms with van der Waals surface area (Å²) in [6.45, 7) is 0. The van der Waals surface area contributed by atoms with Gasteiger partial charge in [-0.25, -0.2) is 4.39 Å². The Morgan fingerprint density at radius 3 is 1.93 bits per heavy atom. The first-order valence-corrected chi connectivity index (χ1v) is 6.67. The van der Waals surface area contributed by atoms with Crippen LogP contribution in [-0.4, -0.2) is 4.98 Å². The summed E-state index contributed by atoms with van der Waals surface area (Å²) in [5, 5.41) is 18.1. The Balaban J connectivity index is 3.13. The van der Waals surface area contributed by atoms with Crippen LogP contribution in [0.4, 0.5) is 36.6 Å². The first kappa shape index (κ1) is 19.8. The molecular formula is C15H5F7N4O. The lowest BCUT2D eigenvalue weighted by Gasteiger charge is -2.18. The molecule has 3 N–H and O–H groups in total. The molecular weight excluding hydrogens is 385 g/mol. The minimum atomic E-state index is -5.51. The number of benzene rings is 1. The lowest BCUT2D eigenvalue weighted by Crippen LogP contribution is -2.19. The molecule has 1 aromatic heterocycles. The summed E-state index contributed by atoms with van der Waals surface area (Å²) in [5.41, 5.74) is -4.76. The minimum absolute atomic E-state index is 0.232. The van der Waals surface area contributed by atoms with Crippen LogP contribution in [0.25, 0.3) is 11.1 Å². The highest BCUT2D eigenvalue weighted by Crippen LogP contribution is 2.44. The maximum absolute atomic E-state index is 14.4. The van der Waals surface area contributed by atoms with Gasteiger partial charge in [0.1, 0.15) is 34.9 Å². The van der Waals surface area contributed by atoms with Crippen molar-refractivity contribution in [2.75, 3.05) is 5.73 Å². The molecule has 0 bridgehead atoms. The number of H-pyrrole nitrogens is 1. The van der Waals surface area contributed by atoms with Crippen molar-refractivity contribution in [1.82, 2.24) is 4.98 Å².